The maximum atomic E-state index is 12.4. The molecule has 1 N–H and O–H groups in total. The summed E-state index contributed by atoms with van der Waals surface area (Å²) in [7, 11) is 0. The summed E-state index contributed by atoms with van der Waals surface area (Å²) in [5.41, 5.74) is -0.224. The van der Waals surface area contributed by atoms with E-state index in [1.54, 1.807) is 13.1 Å². The van der Waals surface area contributed by atoms with E-state index in [2.05, 4.69) is 14.8 Å². The van der Waals surface area contributed by atoms with Gasteiger partial charge in [0, 0.05) is 18.0 Å². The van der Waals surface area contributed by atoms with Gasteiger partial charge in [-0.3, -0.25) is 9.48 Å². The van der Waals surface area contributed by atoms with E-state index in [0.29, 0.717) is 5.00 Å². The summed E-state index contributed by atoms with van der Waals surface area (Å²) in [6.07, 6.45) is -1.79. The van der Waals surface area contributed by atoms with Crippen LogP contribution in [0.4, 0.5) is 18.2 Å². The molecule has 20 heavy (non-hydrogen) atoms. The van der Waals surface area contributed by atoms with Crippen molar-refractivity contribution in [3.05, 3.63) is 29.7 Å². The van der Waals surface area contributed by atoms with E-state index in [1.165, 1.54) is 6.92 Å². The van der Waals surface area contributed by atoms with Gasteiger partial charge < -0.3 is 5.32 Å². The SMILES string of the molecule is Cc1cnsc1NC(=O)C(C)n1ccc(C(F)(F)F)n1. The number of carbonyl (C=O) groups excluding carboxylic acids is 1. The molecule has 2 heterocycles. The molecule has 0 saturated heterocycles. The van der Waals surface area contributed by atoms with Crippen molar-refractivity contribution in [1.29, 1.82) is 0 Å². The number of hydrogen-bond donors (Lipinski definition) is 1. The first kappa shape index (κ1) is 14.5. The quantitative estimate of drug-likeness (QED) is 0.948. The van der Waals surface area contributed by atoms with Crippen molar-refractivity contribution in [2.45, 2.75) is 26.1 Å². The van der Waals surface area contributed by atoms with E-state index in [0.717, 1.165) is 34.0 Å². The van der Waals surface area contributed by atoms with Crippen molar-refractivity contribution in [1.82, 2.24) is 14.2 Å². The van der Waals surface area contributed by atoms with Gasteiger partial charge >= 0.3 is 6.18 Å². The number of alkyl halides is 3. The molecule has 0 fully saturated rings. The molecule has 0 saturated carbocycles. The van der Waals surface area contributed by atoms with Crippen molar-refractivity contribution in [3.8, 4) is 0 Å². The van der Waals surface area contributed by atoms with Crippen molar-refractivity contribution in [3.63, 3.8) is 0 Å². The lowest BCUT2D eigenvalue weighted by Gasteiger charge is -2.12. The molecule has 0 aliphatic heterocycles. The molecule has 0 aromatic carbocycles. The molecule has 2 rings (SSSR count). The molecule has 108 valence electrons. The highest BCUT2D eigenvalue weighted by molar-refractivity contribution is 7.10. The molecule has 0 radical (unpaired) electrons. The number of aryl methyl sites for hydroxylation is 1. The standard InChI is InChI=1S/C11H11F3N4OS/c1-6-5-15-20-10(6)16-9(19)7(2)18-4-3-8(17-18)11(12,13)14/h3-5,7H,1-2H3,(H,16,19). The van der Waals surface area contributed by atoms with Crippen LogP contribution < -0.4 is 5.32 Å². The largest absolute Gasteiger partial charge is 0.435 e. The minimum absolute atomic E-state index is 0.450. The minimum atomic E-state index is -4.52. The summed E-state index contributed by atoms with van der Waals surface area (Å²) in [5, 5.41) is 6.56. The first-order chi connectivity index (χ1) is 9.29. The number of hydrogen-bond acceptors (Lipinski definition) is 4. The van der Waals surface area contributed by atoms with Gasteiger partial charge in [-0.25, -0.2) is 0 Å². The van der Waals surface area contributed by atoms with Gasteiger partial charge in [0.05, 0.1) is 0 Å². The van der Waals surface area contributed by atoms with Gasteiger partial charge in [0.25, 0.3) is 0 Å². The maximum Gasteiger partial charge on any atom is 0.435 e. The highest BCUT2D eigenvalue weighted by atomic mass is 32.1. The average Bonchev–Trinajstić information content (AvgIpc) is 2.97. The summed E-state index contributed by atoms with van der Waals surface area (Å²) in [6, 6.07) is -0.0190. The Morgan fingerprint density at radius 3 is 2.70 bits per heavy atom. The van der Waals surface area contributed by atoms with Gasteiger partial charge in [0.2, 0.25) is 5.91 Å². The third kappa shape index (κ3) is 2.98. The molecule has 1 atom stereocenters. The Balaban J connectivity index is 2.11. The van der Waals surface area contributed by atoms with E-state index < -0.39 is 23.8 Å². The second-order valence-electron chi connectivity index (χ2n) is 4.18. The Morgan fingerprint density at radius 1 is 1.50 bits per heavy atom. The van der Waals surface area contributed by atoms with Crippen molar-refractivity contribution >= 4 is 22.4 Å². The van der Waals surface area contributed by atoms with Crippen LogP contribution >= 0.6 is 11.5 Å². The van der Waals surface area contributed by atoms with Gasteiger partial charge in [0.15, 0.2) is 5.69 Å². The molecule has 2 aromatic heterocycles. The smallest absolute Gasteiger partial charge is 0.314 e. The Kier molecular flexibility index (Phi) is 3.80. The molecular weight excluding hydrogens is 293 g/mol. The van der Waals surface area contributed by atoms with Crippen LogP contribution in [0, 0.1) is 6.92 Å². The zero-order valence-corrected chi connectivity index (χ0v) is 11.4. The van der Waals surface area contributed by atoms with Crippen LogP contribution in [0.1, 0.15) is 24.2 Å². The molecule has 2 aromatic rings. The van der Waals surface area contributed by atoms with Crippen LogP contribution in [-0.4, -0.2) is 20.1 Å². The number of anilines is 1. The number of carbonyl (C=O) groups is 1. The molecule has 0 aliphatic carbocycles. The summed E-state index contributed by atoms with van der Waals surface area (Å²) in [5.74, 6) is -0.450. The predicted octanol–water partition coefficient (Wildman–Crippen LogP) is 2.87. The van der Waals surface area contributed by atoms with Crippen molar-refractivity contribution in [2.24, 2.45) is 0 Å². The van der Waals surface area contributed by atoms with Crippen LogP contribution in [0.2, 0.25) is 0 Å². The fourth-order valence-electron chi connectivity index (χ4n) is 1.45. The summed E-state index contributed by atoms with van der Waals surface area (Å²) in [6.45, 7) is 3.25. The first-order valence-electron chi connectivity index (χ1n) is 5.63. The number of aromatic nitrogens is 3. The number of rotatable bonds is 3. The van der Waals surface area contributed by atoms with Gasteiger partial charge in [-0.1, -0.05) is 0 Å². The number of nitrogens with zero attached hydrogens (tertiary/aromatic N) is 3. The van der Waals surface area contributed by atoms with Crippen LogP contribution in [0.25, 0.3) is 0 Å². The van der Waals surface area contributed by atoms with E-state index in [4.69, 9.17) is 0 Å². The Bertz CT molecular complexity index is 619. The Morgan fingerprint density at radius 2 is 2.20 bits per heavy atom. The van der Waals surface area contributed by atoms with Crippen LogP contribution in [-0.2, 0) is 11.0 Å². The monoisotopic (exact) mass is 304 g/mol. The highest BCUT2D eigenvalue weighted by Gasteiger charge is 2.34. The topological polar surface area (TPSA) is 59.8 Å². The summed E-state index contributed by atoms with van der Waals surface area (Å²) < 4.78 is 42.2. The highest BCUT2D eigenvalue weighted by Crippen LogP contribution is 2.28. The third-order valence-electron chi connectivity index (χ3n) is 2.66. The minimum Gasteiger partial charge on any atom is -0.314 e. The van der Waals surface area contributed by atoms with Crippen LogP contribution in [0.15, 0.2) is 18.5 Å². The van der Waals surface area contributed by atoms with E-state index >= 15 is 0 Å². The Hall–Kier alpha value is -1.90. The van der Waals surface area contributed by atoms with E-state index in [9.17, 15) is 18.0 Å². The van der Waals surface area contributed by atoms with Gasteiger partial charge in [-0.2, -0.15) is 22.6 Å². The first-order valence-corrected chi connectivity index (χ1v) is 6.41. The maximum absolute atomic E-state index is 12.4. The molecular formula is C11H11F3N4OS. The van der Waals surface area contributed by atoms with Crippen molar-refractivity contribution < 1.29 is 18.0 Å². The predicted molar refractivity (Wildman–Crippen MR) is 67.4 cm³/mol. The molecule has 1 amide bonds. The van der Waals surface area contributed by atoms with Crippen LogP contribution in [0.5, 0.6) is 0 Å². The third-order valence-corrected chi connectivity index (χ3v) is 3.48. The lowest BCUT2D eigenvalue weighted by atomic mass is 10.3. The van der Waals surface area contributed by atoms with Crippen LogP contribution in [0.3, 0.4) is 0 Å². The molecule has 9 heteroatoms. The zero-order chi connectivity index (χ0) is 14.9. The van der Waals surface area contributed by atoms with Gasteiger partial charge in [0.1, 0.15) is 11.0 Å². The Labute approximate surface area is 116 Å². The zero-order valence-electron chi connectivity index (χ0n) is 10.6. The fourth-order valence-corrected chi connectivity index (χ4v) is 2.11. The normalized spacial score (nSPS) is 13.2. The van der Waals surface area contributed by atoms with Crippen molar-refractivity contribution in [2.75, 3.05) is 5.32 Å². The number of halogens is 3. The van der Waals surface area contributed by atoms with E-state index in [1.807, 2.05) is 0 Å². The molecule has 0 bridgehead atoms. The average molecular weight is 304 g/mol. The molecule has 0 aliphatic rings. The van der Waals surface area contributed by atoms with Gasteiger partial charge in [-0.05, 0) is 31.4 Å². The fraction of sp³-hybridized carbons (Fsp3) is 0.364. The van der Waals surface area contributed by atoms with Gasteiger partial charge in [-0.15, -0.1) is 0 Å². The summed E-state index contributed by atoms with van der Waals surface area (Å²) >= 11 is 1.11. The second kappa shape index (κ2) is 5.23. The second-order valence-corrected chi connectivity index (χ2v) is 4.98. The number of nitrogens with one attached hydrogen (secondary N) is 1. The lowest BCUT2D eigenvalue weighted by molar-refractivity contribution is -0.141. The molecule has 5 nitrogen and oxygen atoms in total. The number of amides is 1. The lowest BCUT2D eigenvalue weighted by Crippen LogP contribution is -2.24. The van der Waals surface area contributed by atoms with E-state index in [-0.39, 0.29) is 0 Å². The summed E-state index contributed by atoms with van der Waals surface area (Å²) in [4.78, 5) is 11.9. The molecule has 0 spiro atoms. The molecule has 1 unspecified atom stereocenters.